The molecule has 10 heteroatoms. The van der Waals surface area contributed by atoms with E-state index in [9.17, 15) is 22.8 Å². The first-order valence-electron chi connectivity index (χ1n) is 9.87. The largest absolute Gasteiger partial charge is 0.416 e. The molecule has 2 N–H and O–H groups in total. The van der Waals surface area contributed by atoms with Crippen molar-refractivity contribution in [1.82, 2.24) is 14.8 Å². The van der Waals surface area contributed by atoms with Crippen molar-refractivity contribution in [3.05, 3.63) is 70.7 Å². The minimum atomic E-state index is -4.46. The van der Waals surface area contributed by atoms with Crippen LogP contribution in [0.2, 0.25) is 0 Å². The van der Waals surface area contributed by atoms with Gasteiger partial charge >= 0.3 is 6.18 Å². The number of nitrogens with two attached hydrogens (primary N) is 1. The van der Waals surface area contributed by atoms with Gasteiger partial charge in [-0.2, -0.15) is 18.3 Å². The molecule has 1 aromatic carbocycles. The van der Waals surface area contributed by atoms with Crippen LogP contribution in [0.4, 0.5) is 24.7 Å². The van der Waals surface area contributed by atoms with Crippen molar-refractivity contribution in [2.45, 2.75) is 32.5 Å². The van der Waals surface area contributed by atoms with Crippen LogP contribution < -0.4 is 10.6 Å². The number of aryl methyl sites for hydroxylation is 1. The standard InChI is InChI=1S/C22H20F3N5O2/c1-12-7-19(26)27-10-17(12)18(31)8-14-9-28-30-13(2)11-29(21(32)20(14)30)16-5-3-15(4-6-16)22(23,24)25/h3-7,9-10,13H,8,11H2,1-2H3,(H2,26,27)/t13-/m0/s1. The van der Waals surface area contributed by atoms with Crippen LogP contribution in [0.5, 0.6) is 0 Å². The molecule has 0 saturated heterocycles. The van der Waals surface area contributed by atoms with Crippen LogP contribution in [0.25, 0.3) is 0 Å². The van der Waals surface area contributed by atoms with Gasteiger partial charge in [-0.05, 0) is 49.7 Å². The summed E-state index contributed by atoms with van der Waals surface area (Å²) in [5.41, 5.74) is 6.97. The smallest absolute Gasteiger partial charge is 0.384 e. The molecule has 0 radical (unpaired) electrons. The average molecular weight is 443 g/mol. The number of pyridine rings is 1. The number of benzene rings is 1. The lowest BCUT2D eigenvalue weighted by Gasteiger charge is -2.32. The second-order valence-corrected chi connectivity index (χ2v) is 7.80. The van der Waals surface area contributed by atoms with Crippen molar-refractivity contribution >= 4 is 23.2 Å². The fourth-order valence-corrected chi connectivity index (χ4v) is 3.84. The molecule has 1 aliphatic rings. The van der Waals surface area contributed by atoms with Crippen LogP contribution >= 0.6 is 0 Å². The minimum Gasteiger partial charge on any atom is -0.384 e. The highest BCUT2D eigenvalue weighted by Gasteiger charge is 2.35. The fourth-order valence-electron chi connectivity index (χ4n) is 3.84. The molecule has 7 nitrogen and oxygen atoms in total. The number of amides is 1. The molecule has 1 atom stereocenters. The van der Waals surface area contributed by atoms with Gasteiger partial charge in [-0.25, -0.2) is 4.98 Å². The number of Topliss-reactive ketones (excluding diaryl/α,β-unsaturated/α-hetero) is 1. The zero-order valence-corrected chi connectivity index (χ0v) is 17.3. The summed E-state index contributed by atoms with van der Waals surface area (Å²) in [6, 6.07) is 5.80. The Morgan fingerprint density at radius 2 is 1.91 bits per heavy atom. The third kappa shape index (κ3) is 3.83. The first-order chi connectivity index (χ1) is 15.1. The normalized spacial score (nSPS) is 16.2. The number of halogens is 3. The monoisotopic (exact) mass is 443 g/mol. The van der Waals surface area contributed by atoms with Crippen LogP contribution in [-0.2, 0) is 12.6 Å². The molecular formula is C22H20F3N5O2. The van der Waals surface area contributed by atoms with E-state index in [1.165, 1.54) is 29.4 Å². The maximum absolute atomic E-state index is 13.3. The van der Waals surface area contributed by atoms with Gasteiger partial charge in [0.05, 0.1) is 17.8 Å². The van der Waals surface area contributed by atoms with Gasteiger partial charge in [0, 0.05) is 36.0 Å². The van der Waals surface area contributed by atoms with E-state index in [1.54, 1.807) is 17.7 Å². The third-order valence-electron chi connectivity index (χ3n) is 5.47. The van der Waals surface area contributed by atoms with Gasteiger partial charge in [0.25, 0.3) is 5.91 Å². The number of anilines is 2. The SMILES string of the molecule is Cc1cc(N)ncc1C(=O)Cc1cnn2c1C(=O)N(c1ccc(C(F)(F)F)cc1)C[C@@H]2C. The van der Waals surface area contributed by atoms with E-state index < -0.39 is 17.6 Å². The molecule has 0 aliphatic carbocycles. The number of ketones is 1. The Kier molecular flexibility index (Phi) is 5.23. The first kappa shape index (κ1) is 21.5. The van der Waals surface area contributed by atoms with E-state index in [0.29, 0.717) is 28.2 Å². The second kappa shape index (κ2) is 7.77. The second-order valence-electron chi connectivity index (χ2n) is 7.80. The summed E-state index contributed by atoms with van der Waals surface area (Å²) in [6.45, 7) is 3.84. The number of rotatable bonds is 4. The summed E-state index contributed by atoms with van der Waals surface area (Å²) in [5.74, 6) is -0.355. The van der Waals surface area contributed by atoms with Gasteiger partial charge < -0.3 is 10.6 Å². The lowest BCUT2D eigenvalue weighted by molar-refractivity contribution is -0.137. The summed E-state index contributed by atoms with van der Waals surface area (Å²) in [5, 5.41) is 4.28. The molecule has 1 aliphatic heterocycles. The van der Waals surface area contributed by atoms with Crippen LogP contribution in [0.1, 0.15) is 50.5 Å². The van der Waals surface area contributed by atoms with E-state index in [1.807, 2.05) is 6.92 Å². The number of carbonyl (C=O) groups is 2. The molecule has 0 fully saturated rings. The molecule has 3 aromatic rings. The third-order valence-corrected chi connectivity index (χ3v) is 5.47. The summed E-state index contributed by atoms with van der Waals surface area (Å²) >= 11 is 0. The van der Waals surface area contributed by atoms with E-state index in [2.05, 4.69) is 10.1 Å². The van der Waals surface area contributed by atoms with Gasteiger partial charge in [0.15, 0.2) is 5.78 Å². The molecule has 1 amide bonds. The molecule has 0 spiro atoms. The lowest BCUT2D eigenvalue weighted by Crippen LogP contribution is -2.43. The number of nitrogens with zero attached hydrogens (tertiary/aromatic N) is 4. The molecule has 0 unspecified atom stereocenters. The van der Waals surface area contributed by atoms with E-state index in [0.717, 1.165) is 12.1 Å². The highest BCUT2D eigenvalue weighted by molar-refractivity contribution is 6.08. The highest BCUT2D eigenvalue weighted by atomic mass is 19.4. The Balaban J connectivity index is 1.64. The number of alkyl halides is 3. The van der Waals surface area contributed by atoms with E-state index in [4.69, 9.17) is 5.73 Å². The Morgan fingerprint density at radius 1 is 1.22 bits per heavy atom. The zero-order chi connectivity index (χ0) is 23.2. The minimum absolute atomic E-state index is 0.0684. The van der Waals surface area contributed by atoms with Gasteiger partial charge in [-0.3, -0.25) is 14.3 Å². The average Bonchev–Trinajstić information content (AvgIpc) is 3.14. The summed E-state index contributed by atoms with van der Waals surface area (Å²) < 4.78 is 40.2. The number of fused-ring (bicyclic) bond motifs is 1. The summed E-state index contributed by atoms with van der Waals surface area (Å²) in [6.07, 6.45) is -1.64. The van der Waals surface area contributed by atoms with Crippen molar-refractivity contribution < 1.29 is 22.8 Å². The molecule has 0 bridgehead atoms. The van der Waals surface area contributed by atoms with Crippen LogP contribution in [0.3, 0.4) is 0 Å². The number of aromatic nitrogens is 3. The van der Waals surface area contributed by atoms with E-state index >= 15 is 0 Å². The predicted octanol–water partition coefficient (Wildman–Crippen LogP) is 3.83. The molecule has 4 rings (SSSR count). The van der Waals surface area contributed by atoms with Gasteiger partial charge in [-0.15, -0.1) is 0 Å². The van der Waals surface area contributed by atoms with Crippen LogP contribution in [0, 0.1) is 6.92 Å². The Bertz CT molecular complexity index is 1200. The zero-order valence-electron chi connectivity index (χ0n) is 17.3. The Labute approximate surface area is 181 Å². The molecule has 32 heavy (non-hydrogen) atoms. The Hall–Kier alpha value is -3.69. The molecular weight excluding hydrogens is 423 g/mol. The van der Waals surface area contributed by atoms with Gasteiger partial charge in [0.2, 0.25) is 0 Å². The summed E-state index contributed by atoms with van der Waals surface area (Å²) in [7, 11) is 0. The van der Waals surface area contributed by atoms with Crippen molar-refractivity contribution in [2.24, 2.45) is 0 Å². The Morgan fingerprint density at radius 3 is 2.53 bits per heavy atom. The number of hydrogen-bond acceptors (Lipinski definition) is 5. The van der Waals surface area contributed by atoms with Crippen molar-refractivity contribution in [3.8, 4) is 0 Å². The maximum atomic E-state index is 13.3. The van der Waals surface area contributed by atoms with Crippen molar-refractivity contribution in [1.29, 1.82) is 0 Å². The van der Waals surface area contributed by atoms with Crippen molar-refractivity contribution in [2.75, 3.05) is 17.2 Å². The highest BCUT2D eigenvalue weighted by Crippen LogP contribution is 2.33. The fraction of sp³-hybridized carbons (Fsp3) is 0.273. The lowest BCUT2D eigenvalue weighted by atomic mass is 10.00. The van der Waals surface area contributed by atoms with Crippen molar-refractivity contribution in [3.63, 3.8) is 0 Å². The van der Waals surface area contributed by atoms with Gasteiger partial charge in [-0.1, -0.05) is 0 Å². The quantitative estimate of drug-likeness (QED) is 0.619. The predicted molar refractivity (Wildman–Crippen MR) is 111 cm³/mol. The number of carbonyl (C=O) groups excluding carboxylic acids is 2. The molecule has 0 saturated carbocycles. The number of hydrogen-bond donors (Lipinski definition) is 1. The topological polar surface area (TPSA) is 94.1 Å². The van der Waals surface area contributed by atoms with E-state index in [-0.39, 0.29) is 30.5 Å². The summed E-state index contributed by atoms with van der Waals surface area (Å²) in [4.78, 5) is 31.5. The molecule has 2 aromatic heterocycles. The van der Waals surface area contributed by atoms with Crippen LogP contribution in [-0.4, -0.2) is 33.0 Å². The van der Waals surface area contributed by atoms with Crippen LogP contribution in [0.15, 0.2) is 42.7 Å². The number of nitrogen functional groups attached to an aromatic ring is 1. The first-order valence-corrected chi connectivity index (χ1v) is 9.87. The molecule has 3 heterocycles. The maximum Gasteiger partial charge on any atom is 0.416 e. The van der Waals surface area contributed by atoms with Gasteiger partial charge in [0.1, 0.15) is 11.5 Å². The molecule has 166 valence electrons.